The van der Waals surface area contributed by atoms with Crippen LogP contribution in [0.25, 0.3) is 0 Å². The second kappa shape index (κ2) is 7.96. The Morgan fingerprint density at radius 3 is 2.70 bits per heavy atom. The minimum atomic E-state index is -0.857. The van der Waals surface area contributed by atoms with E-state index in [1.807, 2.05) is 0 Å². The maximum atomic E-state index is 13.4. The van der Waals surface area contributed by atoms with E-state index in [-0.39, 0.29) is 5.75 Å². The van der Waals surface area contributed by atoms with Gasteiger partial charge in [-0.1, -0.05) is 25.2 Å². The molecule has 2 rings (SSSR count). The van der Waals surface area contributed by atoms with Gasteiger partial charge in [-0.05, 0) is 25.0 Å². The maximum Gasteiger partial charge on any atom is 0.264 e. The molecule has 0 saturated heterocycles. The van der Waals surface area contributed by atoms with Gasteiger partial charge in [0.05, 0.1) is 0 Å². The molecule has 124 valence electrons. The number of rotatable bonds is 7. The molecule has 0 saturated carbocycles. The second-order valence-electron chi connectivity index (χ2n) is 4.87. The van der Waals surface area contributed by atoms with Crippen LogP contribution in [0.4, 0.5) is 13.9 Å². The third kappa shape index (κ3) is 4.69. The zero-order valence-electron chi connectivity index (χ0n) is 12.8. The molecule has 0 bridgehead atoms. The van der Waals surface area contributed by atoms with Crippen molar-refractivity contribution in [3.63, 3.8) is 0 Å². The van der Waals surface area contributed by atoms with Crippen molar-refractivity contribution in [1.82, 2.24) is 10.2 Å². The number of carbonyl (C=O) groups excluding carboxylic acids is 1. The molecule has 0 aliphatic heterocycles. The molecule has 0 aliphatic carbocycles. The van der Waals surface area contributed by atoms with E-state index in [1.54, 1.807) is 0 Å². The molecular formula is C15H17F2N3O2S. The third-order valence-electron chi connectivity index (χ3n) is 3.27. The molecule has 0 fully saturated rings. The van der Waals surface area contributed by atoms with Crippen LogP contribution in [0, 0.1) is 11.6 Å². The number of halogens is 2. The molecule has 1 heterocycles. The fraction of sp³-hybridized carbons (Fsp3) is 0.400. The number of hydrogen-bond donors (Lipinski definition) is 1. The van der Waals surface area contributed by atoms with Crippen LogP contribution >= 0.6 is 11.3 Å². The number of nitrogens with zero attached hydrogens (tertiary/aromatic N) is 2. The van der Waals surface area contributed by atoms with Crippen molar-refractivity contribution in [1.29, 1.82) is 0 Å². The zero-order chi connectivity index (χ0) is 16.8. The third-order valence-corrected chi connectivity index (χ3v) is 4.28. The van der Waals surface area contributed by atoms with E-state index in [2.05, 4.69) is 29.4 Å². The quantitative estimate of drug-likeness (QED) is 0.833. The number of aromatic nitrogens is 2. The van der Waals surface area contributed by atoms with Crippen molar-refractivity contribution >= 4 is 22.4 Å². The molecule has 0 aliphatic rings. The summed E-state index contributed by atoms with van der Waals surface area (Å²) in [6.45, 7) is 3.74. The van der Waals surface area contributed by atoms with Gasteiger partial charge in [-0.3, -0.25) is 10.1 Å². The van der Waals surface area contributed by atoms with Gasteiger partial charge in [0.1, 0.15) is 10.8 Å². The number of benzene rings is 1. The molecule has 0 spiro atoms. The summed E-state index contributed by atoms with van der Waals surface area (Å²) in [6, 6.07) is 2.89. The van der Waals surface area contributed by atoms with Crippen molar-refractivity contribution in [3.8, 4) is 5.75 Å². The topological polar surface area (TPSA) is 64.1 Å². The lowest BCUT2D eigenvalue weighted by Crippen LogP contribution is -2.20. The lowest BCUT2D eigenvalue weighted by atomic mass is 10.1. The van der Waals surface area contributed by atoms with Crippen molar-refractivity contribution in [2.75, 3.05) is 11.9 Å². The van der Waals surface area contributed by atoms with Crippen LogP contribution in [0.3, 0.4) is 0 Å². The van der Waals surface area contributed by atoms with Gasteiger partial charge in [-0.25, -0.2) is 8.78 Å². The summed E-state index contributed by atoms with van der Waals surface area (Å²) in [4.78, 5) is 11.8. The molecule has 1 amide bonds. The molecule has 1 N–H and O–H groups in total. The Morgan fingerprint density at radius 1 is 1.30 bits per heavy atom. The van der Waals surface area contributed by atoms with Gasteiger partial charge in [0.25, 0.3) is 5.91 Å². The van der Waals surface area contributed by atoms with Gasteiger partial charge in [-0.15, -0.1) is 10.2 Å². The molecule has 5 nitrogen and oxygen atoms in total. The first-order valence-electron chi connectivity index (χ1n) is 7.24. The minimum absolute atomic E-state index is 0.184. The highest BCUT2D eigenvalue weighted by molar-refractivity contribution is 7.15. The highest BCUT2D eigenvalue weighted by atomic mass is 32.1. The minimum Gasteiger partial charge on any atom is -0.481 e. The van der Waals surface area contributed by atoms with Gasteiger partial charge >= 0.3 is 0 Å². The second-order valence-corrected chi connectivity index (χ2v) is 5.88. The van der Waals surface area contributed by atoms with Crippen molar-refractivity contribution in [3.05, 3.63) is 34.8 Å². The summed E-state index contributed by atoms with van der Waals surface area (Å²) in [5.41, 5.74) is 0. The molecule has 0 unspecified atom stereocenters. The van der Waals surface area contributed by atoms with Crippen LogP contribution in [-0.2, 0) is 4.79 Å². The first-order valence-corrected chi connectivity index (χ1v) is 8.06. The molecule has 2 aromatic rings. The number of ether oxygens (including phenoxy) is 1. The standard InChI is InChI=1S/C15H17F2N3O2S/c1-3-9(4-2)14-19-20-15(23-14)18-13(21)8-22-12-6-5-10(16)7-11(12)17/h5-7,9H,3-4,8H2,1-2H3,(H,18,20,21). The van der Waals surface area contributed by atoms with E-state index in [0.717, 1.165) is 30.0 Å². The molecule has 8 heteroatoms. The summed E-state index contributed by atoms with van der Waals surface area (Å²) in [6.07, 6.45) is 1.90. The summed E-state index contributed by atoms with van der Waals surface area (Å²) in [7, 11) is 0. The normalized spacial score (nSPS) is 10.8. The largest absolute Gasteiger partial charge is 0.481 e. The molecule has 0 radical (unpaired) electrons. The molecule has 1 aromatic carbocycles. The lowest BCUT2D eigenvalue weighted by Gasteiger charge is -2.07. The molecule has 0 atom stereocenters. The van der Waals surface area contributed by atoms with Gasteiger partial charge in [0, 0.05) is 12.0 Å². The van der Waals surface area contributed by atoms with E-state index in [0.29, 0.717) is 17.1 Å². The molecule has 23 heavy (non-hydrogen) atoms. The smallest absolute Gasteiger partial charge is 0.264 e. The average Bonchev–Trinajstić information content (AvgIpc) is 2.96. The van der Waals surface area contributed by atoms with Crippen LogP contribution in [0.5, 0.6) is 5.75 Å². The van der Waals surface area contributed by atoms with Crippen LogP contribution in [0.15, 0.2) is 18.2 Å². The van der Waals surface area contributed by atoms with Gasteiger partial charge in [-0.2, -0.15) is 0 Å². The van der Waals surface area contributed by atoms with E-state index in [1.165, 1.54) is 11.3 Å². The van der Waals surface area contributed by atoms with Gasteiger partial charge in [0.2, 0.25) is 5.13 Å². The Bertz CT molecular complexity index is 674. The van der Waals surface area contributed by atoms with Gasteiger partial charge < -0.3 is 4.74 Å². The van der Waals surface area contributed by atoms with Crippen molar-refractivity contribution in [2.24, 2.45) is 0 Å². The Kier molecular flexibility index (Phi) is 5.97. The van der Waals surface area contributed by atoms with Crippen LogP contribution in [0.2, 0.25) is 0 Å². The summed E-state index contributed by atoms with van der Waals surface area (Å²) < 4.78 is 31.2. The first kappa shape index (κ1) is 17.3. The maximum absolute atomic E-state index is 13.4. The predicted molar refractivity (Wildman–Crippen MR) is 83.7 cm³/mol. The first-order chi connectivity index (χ1) is 11.0. The summed E-state index contributed by atoms with van der Waals surface area (Å²) in [5.74, 6) is -1.91. The van der Waals surface area contributed by atoms with Crippen LogP contribution in [-0.4, -0.2) is 22.7 Å². The average molecular weight is 341 g/mol. The zero-order valence-corrected chi connectivity index (χ0v) is 13.6. The number of carbonyl (C=O) groups is 1. The van der Waals surface area contributed by atoms with Crippen molar-refractivity contribution < 1.29 is 18.3 Å². The monoisotopic (exact) mass is 341 g/mol. The van der Waals surface area contributed by atoms with E-state index in [4.69, 9.17) is 4.74 Å². The highest BCUT2D eigenvalue weighted by Gasteiger charge is 2.15. The number of anilines is 1. The molecular weight excluding hydrogens is 324 g/mol. The molecule has 1 aromatic heterocycles. The van der Waals surface area contributed by atoms with Gasteiger partial charge in [0.15, 0.2) is 18.2 Å². The summed E-state index contributed by atoms with van der Waals surface area (Å²) >= 11 is 1.31. The Morgan fingerprint density at radius 2 is 2.04 bits per heavy atom. The Hall–Kier alpha value is -2.09. The fourth-order valence-corrected chi connectivity index (χ4v) is 3.01. The predicted octanol–water partition coefficient (Wildman–Crippen LogP) is 3.74. The van der Waals surface area contributed by atoms with Crippen molar-refractivity contribution in [2.45, 2.75) is 32.6 Å². The van der Waals surface area contributed by atoms with E-state index < -0.39 is 24.1 Å². The summed E-state index contributed by atoms with van der Waals surface area (Å²) in [5, 5.41) is 11.8. The lowest BCUT2D eigenvalue weighted by molar-refractivity contribution is -0.118. The number of hydrogen-bond acceptors (Lipinski definition) is 5. The van der Waals surface area contributed by atoms with E-state index in [9.17, 15) is 13.6 Å². The number of amides is 1. The van der Waals surface area contributed by atoms with E-state index >= 15 is 0 Å². The Balaban J connectivity index is 1.90. The SMILES string of the molecule is CCC(CC)c1nnc(NC(=O)COc2ccc(F)cc2F)s1. The van der Waals surface area contributed by atoms with Crippen LogP contribution in [0.1, 0.15) is 37.6 Å². The highest BCUT2D eigenvalue weighted by Crippen LogP contribution is 2.28. The number of nitrogens with one attached hydrogen (secondary N) is 1. The Labute approximate surface area is 136 Å². The van der Waals surface area contributed by atoms with Crippen LogP contribution < -0.4 is 10.1 Å². The fourth-order valence-electron chi connectivity index (χ4n) is 1.98.